The van der Waals surface area contributed by atoms with E-state index in [-0.39, 0.29) is 17.0 Å². The fourth-order valence-corrected chi connectivity index (χ4v) is 1.95. The Morgan fingerprint density at radius 3 is 2.53 bits per heavy atom. The molecule has 19 heavy (non-hydrogen) atoms. The number of Topliss-reactive ketones (excluding diaryl/α,β-unsaturated/α-hetero) is 1. The van der Waals surface area contributed by atoms with Crippen LogP contribution in [-0.2, 0) is 0 Å². The number of nitrogens with zero attached hydrogens (tertiary/aromatic N) is 1. The molecule has 2 rings (SSSR count). The third-order valence-electron chi connectivity index (χ3n) is 2.84. The van der Waals surface area contributed by atoms with Crippen LogP contribution in [0.1, 0.15) is 33.5 Å². The smallest absolute Gasteiger partial charge is 0.335 e. The van der Waals surface area contributed by atoms with E-state index in [1.165, 1.54) is 23.6 Å². The number of carboxylic acid groups (broad SMARTS) is 1. The first-order chi connectivity index (χ1) is 8.91. The Hall–Kier alpha value is -2.63. The lowest BCUT2D eigenvalue weighted by Gasteiger charge is -2.05. The molecule has 1 heterocycles. The molecule has 0 saturated heterocycles. The quantitative estimate of drug-likeness (QED) is 0.815. The second-order valence-electron chi connectivity index (χ2n) is 4.14. The van der Waals surface area contributed by atoms with Crippen molar-refractivity contribution >= 4 is 11.8 Å². The molecule has 0 unspecified atom stereocenters. The van der Waals surface area contributed by atoms with Gasteiger partial charge in [-0.15, -0.1) is 0 Å². The minimum atomic E-state index is -1.07. The van der Waals surface area contributed by atoms with Crippen molar-refractivity contribution < 1.29 is 14.7 Å². The number of ketones is 1. The Bertz CT molecular complexity index is 724. The molecule has 2 N–H and O–H groups in total. The Balaban J connectivity index is 2.66. The maximum Gasteiger partial charge on any atom is 0.335 e. The van der Waals surface area contributed by atoms with Crippen LogP contribution in [-0.4, -0.2) is 26.4 Å². The number of nitrogens with one attached hydrogen (secondary N) is 1. The molecule has 0 atom stereocenters. The summed E-state index contributed by atoms with van der Waals surface area (Å²) in [5, 5.41) is 8.94. The third-order valence-corrected chi connectivity index (χ3v) is 2.84. The summed E-state index contributed by atoms with van der Waals surface area (Å²) in [5.41, 5.74) is 0.705. The summed E-state index contributed by atoms with van der Waals surface area (Å²) in [5.74, 6) is -1.32. The number of benzene rings is 1. The van der Waals surface area contributed by atoms with Crippen LogP contribution in [0, 0.1) is 6.92 Å². The highest BCUT2D eigenvalue weighted by molar-refractivity contribution is 5.93. The number of hydrogen-bond donors (Lipinski definition) is 2. The van der Waals surface area contributed by atoms with Crippen molar-refractivity contribution in [3.05, 3.63) is 51.7 Å². The van der Waals surface area contributed by atoms with E-state index < -0.39 is 11.7 Å². The van der Waals surface area contributed by atoms with Gasteiger partial charge in [0.15, 0.2) is 5.78 Å². The standard InChI is InChI=1S/C13H12N2O4/c1-7-11(8(2)16)14-13(19)15(7)10-5-3-4-9(6-10)12(17)18/h3-6H,1-2H3,(H,14,19)(H,17,18). The zero-order valence-electron chi connectivity index (χ0n) is 10.4. The predicted octanol–water partition coefficient (Wildman–Crippen LogP) is 1.37. The zero-order valence-corrected chi connectivity index (χ0v) is 10.4. The van der Waals surface area contributed by atoms with E-state index in [2.05, 4.69) is 4.98 Å². The number of imidazole rings is 1. The van der Waals surface area contributed by atoms with Crippen molar-refractivity contribution in [3.63, 3.8) is 0 Å². The van der Waals surface area contributed by atoms with E-state index in [1.807, 2.05) is 0 Å². The average molecular weight is 260 g/mol. The molecule has 0 radical (unpaired) electrons. The molecule has 1 aromatic heterocycles. The van der Waals surface area contributed by atoms with Crippen molar-refractivity contribution in [1.29, 1.82) is 0 Å². The van der Waals surface area contributed by atoms with Gasteiger partial charge in [-0.2, -0.15) is 0 Å². The molecule has 2 aromatic rings. The zero-order chi connectivity index (χ0) is 14.2. The van der Waals surface area contributed by atoms with Gasteiger partial charge >= 0.3 is 11.7 Å². The van der Waals surface area contributed by atoms with Crippen molar-refractivity contribution in [2.24, 2.45) is 0 Å². The lowest BCUT2D eigenvalue weighted by molar-refractivity contribution is 0.0696. The molecule has 0 amide bonds. The first-order valence-corrected chi connectivity index (χ1v) is 5.58. The highest BCUT2D eigenvalue weighted by Gasteiger charge is 2.15. The minimum Gasteiger partial charge on any atom is -0.478 e. The number of carboxylic acids is 1. The van der Waals surface area contributed by atoms with E-state index in [4.69, 9.17) is 5.11 Å². The lowest BCUT2D eigenvalue weighted by Crippen LogP contribution is -2.16. The lowest BCUT2D eigenvalue weighted by atomic mass is 10.2. The topological polar surface area (TPSA) is 92.2 Å². The van der Waals surface area contributed by atoms with E-state index in [0.29, 0.717) is 11.4 Å². The molecule has 98 valence electrons. The Morgan fingerprint density at radius 1 is 1.32 bits per heavy atom. The van der Waals surface area contributed by atoms with Gasteiger partial charge in [0, 0.05) is 6.92 Å². The highest BCUT2D eigenvalue weighted by atomic mass is 16.4. The van der Waals surface area contributed by atoms with Crippen LogP contribution in [0.3, 0.4) is 0 Å². The largest absolute Gasteiger partial charge is 0.478 e. The van der Waals surface area contributed by atoms with Crippen molar-refractivity contribution in [2.45, 2.75) is 13.8 Å². The summed E-state index contributed by atoms with van der Waals surface area (Å²) in [4.78, 5) is 36.6. The average Bonchev–Trinajstić information content (AvgIpc) is 2.65. The minimum absolute atomic E-state index is 0.0781. The van der Waals surface area contributed by atoms with Gasteiger partial charge in [0.05, 0.1) is 16.9 Å². The SMILES string of the molecule is CC(=O)c1[nH]c(=O)n(-c2cccc(C(=O)O)c2)c1C. The number of carbonyl (C=O) groups is 2. The van der Waals surface area contributed by atoms with Crippen LogP contribution in [0.5, 0.6) is 0 Å². The molecule has 0 saturated carbocycles. The van der Waals surface area contributed by atoms with Crippen LogP contribution in [0.4, 0.5) is 0 Å². The summed E-state index contributed by atoms with van der Waals surface area (Å²) < 4.78 is 1.28. The Labute approximate surface area is 108 Å². The molecule has 0 bridgehead atoms. The van der Waals surface area contributed by atoms with Crippen LogP contribution in [0.15, 0.2) is 29.1 Å². The van der Waals surface area contributed by atoms with Crippen LogP contribution < -0.4 is 5.69 Å². The fraction of sp³-hybridized carbons (Fsp3) is 0.154. The second kappa shape index (κ2) is 4.56. The number of aromatic nitrogens is 2. The van der Waals surface area contributed by atoms with Gasteiger partial charge in [-0.25, -0.2) is 9.59 Å². The molecule has 0 spiro atoms. The molecular weight excluding hydrogens is 248 g/mol. The van der Waals surface area contributed by atoms with E-state index >= 15 is 0 Å². The van der Waals surface area contributed by atoms with Gasteiger partial charge in [-0.1, -0.05) is 6.07 Å². The number of aromatic amines is 1. The van der Waals surface area contributed by atoms with E-state index in [9.17, 15) is 14.4 Å². The van der Waals surface area contributed by atoms with Gasteiger partial charge in [0.2, 0.25) is 0 Å². The number of H-pyrrole nitrogens is 1. The molecule has 0 aliphatic rings. The maximum atomic E-state index is 11.9. The van der Waals surface area contributed by atoms with Crippen LogP contribution in [0.25, 0.3) is 5.69 Å². The van der Waals surface area contributed by atoms with Gasteiger partial charge in [-0.3, -0.25) is 9.36 Å². The second-order valence-corrected chi connectivity index (χ2v) is 4.14. The van der Waals surface area contributed by atoms with Gasteiger partial charge < -0.3 is 10.1 Å². The number of carbonyl (C=O) groups excluding carboxylic acids is 1. The molecule has 0 aliphatic heterocycles. The number of rotatable bonds is 3. The third kappa shape index (κ3) is 2.20. The summed E-state index contributed by atoms with van der Waals surface area (Å²) in [7, 11) is 0. The predicted molar refractivity (Wildman–Crippen MR) is 68.1 cm³/mol. The van der Waals surface area contributed by atoms with Gasteiger partial charge in [0.25, 0.3) is 0 Å². The maximum absolute atomic E-state index is 11.9. The molecule has 1 aromatic carbocycles. The van der Waals surface area contributed by atoms with Crippen LogP contribution in [0.2, 0.25) is 0 Å². The highest BCUT2D eigenvalue weighted by Crippen LogP contribution is 2.13. The normalized spacial score (nSPS) is 10.4. The monoisotopic (exact) mass is 260 g/mol. The fourth-order valence-electron chi connectivity index (χ4n) is 1.95. The molecule has 6 nitrogen and oxygen atoms in total. The Kier molecular flexibility index (Phi) is 3.08. The summed E-state index contributed by atoms with van der Waals surface area (Å²) >= 11 is 0. The van der Waals surface area contributed by atoms with E-state index in [0.717, 1.165) is 0 Å². The number of aromatic carboxylic acids is 1. The van der Waals surface area contributed by atoms with Crippen molar-refractivity contribution in [1.82, 2.24) is 9.55 Å². The summed E-state index contributed by atoms with van der Waals surface area (Å²) in [6, 6.07) is 5.98. The Morgan fingerprint density at radius 2 is 2.00 bits per heavy atom. The first-order valence-electron chi connectivity index (χ1n) is 5.58. The van der Waals surface area contributed by atoms with Crippen molar-refractivity contribution in [2.75, 3.05) is 0 Å². The summed E-state index contributed by atoms with van der Waals surface area (Å²) in [6.07, 6.45) is 0. The first kappa shape index (κ1) is 12.8. The van der Waals surface area contributed by atoms with Crippen LogP contribution >= 0.6 is 0 Å². The summed E-state index contributed by atoms with van der Waals surface area (Å²) in [6.45, 7) is 2.98. The van der Waals surface area contributed by atoms with Gasteiger partial charge in [-0.05, 0) is 25.1 Å². The molecular formula is C13H12N2O4. The van der Waals surface area contributed by atoms with E-state index in [1.54, 1.807) is 19.1 Å². The number of hydrogen-bond acceptors (Lipinski definition) is 3. The molecule has 0 fully saturated rings. The molecule has 6 heteroatoms. The van der Waals surface area contributed by atoms with Crippen molar-refractivity contribution in [3.8, 4) is 5.69 Å². The molecule has 0 aliphatic carbocycles. The van der Waals surface area contributed by atoms with Gasteiger partial charge in [0.1, 0.15) is 5.69 Å².